The number of hydrogen-bond acceptors (Lipinski definition) is 3. The van der Waals surface area contributed by atoms with Gasteiger partial charge in [0.05, 0.1) is 6.61 Å². The van der Waals surface area contributed by atoms with Crippen molar-refractivity contribution in [3.63, 3.8) is 0 Å². The Hall–Kier alpha value is -1.06. The minimum absolute atomic E-state index is 0.167. The number of hydrogen-bond donors (Lipinski definition) is 2. The average molecular weight is 276 g/mol. The summed E-state index contributed by atoms with van der Waals surface area (Å²) in [7, 11) is 0. The summed E-state index contributed by atoms with van der Waals surface area (Å²) in [5.74, 6) is 7.48. The molecule has 2 unspecified atom stereocenters. The first-order valence-electron chi connectivity index (χ1n) is 7.61. The average Bonchev–Trinajstić information content (AvgIpc) is 2.81. The maximum Gasteiger partial charge on any atom is 0.127 e. The summed E-state index contributed by atoms with van der Waals surface area (Å²) in [4.78, 5) is 0. The van der Waals surface area contributed by atoms with E-state index >= 15 is 0 Å². The third-order valence-electron chi connectivity index (χ3n) is 3.92. The molecule has 0 saturated heterocycles. The Labute approximate surface area is 122 Å². The number of nitrogens with one attached hydrogen (secondary N) is 1. The lowest BCUT2D eigenvalue weighted by atomic mass is 9.82. The van der Waals surface area contributed by atoms with Crippen molar-refractivity contribution in [2.75, 3.05) is 6.61 Å². The summed E-state index contributed by atoms with van der Waals surface area (Å²) in [6, 6.07) is 6.57. The molecule has 3 nitrogen and oxygen atoms in total. The highest BCUT2D eigenvalue weighted by atomic mass is 16.5. The van der Waals surface area contributed by atoms with Gasteiger partial charge in [-0.05, 0) is 29.7 Å². The van der Waals surface area contributed by atoms with Crippen molar-refractivity contribution in [1.82, 2.24) is 5.43 Å². The fourth-order valence-electron chi connectivity index (χ4n) is 3.33. The van der Waals surface area contributed by atoms with Gasteiger partial charge in [0.2, 0.25) is 0 Å². The van der Waals surface area contributed by atoms with E-state index < -0.39 is 0 Å². The second-order valence-electron chi connectivity index (χ2n) is 7.26. The summed E-state index contributed by atoms with van der Waals surface area (Å²) >= 11 is 0. The number of rotatable bonds is 5. The zero-order valence-corrected chi connectivity index (χ0v) is 13.2. The second-order valence-corrected chi connectivity index (χ2v) is 7.26. The van der Waals surface area contributed by atoms with Crippen LogP contribution in [0.1, 0.15) is 57.7 Å². The summed E-state index contributed by atoms with van der Waals surface area (Å²) in [6.45, 7) is 9.97. The summed E-state index contributed by atoms with van der Waals surface area (Å²) in [5.41, 5.74) is 5.86. The number of benzene rings is 1. The highest BCUT2D eigenvalue weighted by molar-refractivity contribution is 5.45. The van der Waals surface area contributed by atoms with Crippen molar-refractivity contribution in [2.24, 2.45) is 17.2 Å². The van der Waals surface area contributed by atoms with Gasteiger partial charge in [0.15, 0.2) is 0 Å². The number of fused-ring (bicyclic) bond motifs is 1. The molecule has 20 heavy (non-hydrogen) atoms. The highest BCUT2D eigenvalue weighted by Crippen LogP contribution is 2.37. The molecule has 1 heterocycles. The molecule has 112 valence electrons. The molecule has 2 atom stereocenters. The van der Waals surface area contributed by atoms with Gasteiger partial charge >= 0.3 is 0 Å². The van der Waals surface area contributed by atoms with Crippen LogP contribution in [-0.2, 0) is 6.42 Å². The molecular formula is C17H28N2O. The van der Waals surface area contributed by atoms with Gasteiger partial charge in [0.25, 0.3) is 0 Å². The zero-order valence-electron chi connectivity index (χ0n) is 13.2. The van der Waals surface area contributed by atoms with Gasteiger partial charge in [0, 0.05) is 18.0 Å². The lowest BCUT2D eigenvalue weighted by Crippen LogP contribution is -2.30. The van der Waals surface area contributed by atoms with E-state index in [9.17, 15) is 0 Å². The van der Waals surface area contributed by atoms with Gasteiger partial charge in [-0.25, -0.2) is 0 Å². The van der Waals surface area contributed by atoms with Crippen LogP contribution in [-0.4, -0.2) is 6.61 Å². The fraction of sp³-hybridized carbons (Fsp3) is 0.647. The fourth-order valence-corrected chi connectivity index (χ4v) is 3.33. The Kier molecular flexibility index (Phi) is 4.71. The van der Waals surface area contributed by atoms with Crippen LogP contribution in [0.15, 0.2) is 18.2 Å². The molecule has 1 aromatic rings. The van der Waals surface area contributed by atoms with Crippen LogP contribution in [0, 0.1) is 11.3 Å². The first-order valence-corrected chi connectivity index (χ1v) is 7.61. The van der Waals surface area contributed by atoms with Crippen LogP contribution in [0.4, 0.5) is 0 Å². The van der Waals surface area contributed by atoms with Gasteiger partial charge in [-0.15, -0.1) is 0 Å². The SMILES string of the molecule is CC(CC(NN)c1cccc2c1OCC2)CC(C)(C)C. The molecular weight excluding hydrogens is 248 g/mol. The van der Waals surface area contributed by atoms with Crippen molar-refractivity contribution in [3.05, 3.63) is 29.3 Å². The van der Waals surface area contributed by atoms with Gasteiger partial charge in [-0.3, -0.25) is 11.3 Å². The van der Waals surface area contributed by atoms with Gasteiger partial charge < -0.3 is 4.74 Å². The first kappa shape index (κ1) is 15.3. The second kappa shape index (κ2) is 6.15. The molecule has 3 N–H and O–H groups in total. The number of nitrogens with two attached hydrogens (primary N) is 1. The van der Waals surface area contributed by atoms with Crippen molar-refractivity contribution in [1.29, 1.82) is 0 Å². The Bertz CT molecular complexity index is 451. The quantitative estimate of drug-likeness (QED) is 0.638. The minimum Gasteiger partial charge on any atom is -0.493 e. The standard InChI is InChI=1S/C17H28N2O/c1-12(11-17(2,3)4)10-15(19-18)14-7-5-6-13-8-9-20-16(13)14/h5-7,12,15,19H,8-11,18H2,1-4H3. The normalized spacial score (nSPS) is 17.4. The molecule has 0 bridgehead atoms. The topological polar surface area (TPSA) is 47.3 Å². The van der Waals surface area contributed by atoms with Crippen LogP contribution in [0.5, 0.6) is 5.75 Å². The Morgan fingerprint density at radius 1 is 1.35 bits per heavy atom. The molecule has 0 aromatic heterocycles. The zero-order chi connectivity index (χ0) is 14.8. The monoisotopic (exact) mass is 276 g/mol. The van der Waals surface area contributed by atoms with Crippen molar-refractivity contribution < 1.29 is 4.74 Å². The van der Waals surface area contributed by atoms with Crippen molar-refractivity contribution in [2.45, 2.75) is 53.0 Å². The predicted molar refractivity (Wildman–Crippen MR) is 83.6 cm³/mol. The molecule has 0 aliphatic carbocycles. The Morgan fingerprint density at radius 3 is 2.75 bits per heavy atom. The third-order valence-corrected chi connectivity index (χ3v) is 3.92. The Morgan fingerprint density at radius 2 is 2.10 bits per heavy atom. The first-order chi connectivity index (χ1) is 9.40. The molecule has 1 aliphatic rings. The number of hydrazine groups is 1. The molecule has 3 heteroatoms. The molecule has 2 rings (SSSR count). The molecule has 0 fully saturated rings. The smallest absolute Gasteiger partial charge is 0.127 e. The lowest BCUT2D eigenvalue weighted by molar-refractivity contribution is 0.273. The van der Waals surface area contributed by atoms with E-state index in [0.717, 1.165) is 25.2 Å². The van der Waals surface area contributed by atoms with Gasteiger partial charge in [-0.2, -0.15) is 0 Å². The highest BCUT2D eigenvalue weighted by Gasteiger charge is 2.24. The summed E-state index contributed by atoms with van der Waals surface area (Å²) in [6.07, 6.45) is 3.24. The number of para-hydroxylation sites is 1. The van der Waals surface area contributed by atoms with Crippen LogP contribution in [0.3, 0.4) is 0 Å². The van der Waals surface area contributed by atoms with E-state index in [1.807, 2.05) is 0 Å². The molecule has 0 saturated carbocycles. The van der Waals surface area contributed by atoms with E-state index in [1.54, 1.807) is 0 Å². The van der Waals surface area contributed by atoms with E-state index in [-0.39, 0.29) is 6.04 Å². The van der Waals surface area contributed by atoms with Crippen LogP contribution in [0.2, 0.25) is 0 Å². The maximum absolute atomic E-state index is 5.81. The van der Waals surface area contributed by atoms with Crippen LogP contribution in [0.25, 0.3) is 0 Å². The predicted octanol–water partition coefficient (Wildman–Crippen LogP) is 3.59. The maximum atomic E-state index is 5.81. The van der Waals surface area contributed by atoms with Gasteiger partial charge in [-0.1, -0.05) is 45.9 Å². The molecule has 1 aliphatic heterocycles. The molecule has 0 radical (unpaired) electrons. The minimum atomic E-state index is 0.167. The van der Waals surface area contributed by atoms with E-state index in [1.165, 1.54) is 17.5 Å². The van der Waals surface area contributed by atoms with E-state index in [0.29, 0.717) is 11.3 Å². The van der Waals surface area contributed by atoms with Crippen LogP contribution < -0.4 is 16.0 Å². The number of ether oxygens (including phenoxy) is 1. The van der Waals surface area contributed by atoms with Crippen molar-refractivity contribution in [3.8, 4) is 5.75 Å². The lowest BCUT2D eigenvalue weighted by Gasteiger charge is -2.27. The third kappa shape index (κ3) is 3.74. The molecule has 1 aromatic carbocycles. The van der Waals surface area contributed by atoms with Crippen molar-refractivity contribution >= 4 is 0 Å². The van der Waals surface area contributed by atoms with E-state index in [2.05, 4.69) is 51.3 Å². The van der Waals surface area contributed by atoms with Gasteiger partial charge in [0.1, 0.15) is 5.75 Å². The Balaban J connectivity index is 2.11. The summed E-state index contributed by atoms with van der Waals surface area (Å²) < 4.78 is 5.80. The van der Waals surface area contributed by atoms with Crippen LogP contribution >= 0.6 is 0 Å². The molecule has 0 spiro atoms. The van der Waals surface area contributed by atoms with E-state index in [4.69, 9.17) is 10.6 Å². The summed E-state index contributed by atoms with van der Waals surface area (Å²) in [5, 5.41) is 0. The molecule has 0 amide bonds. The largest absolute Gasteiger partial charge is 0.493 e.